The van der Waals surface area contributed by atoms with Gasteiger partial charge < -0.3 is 14.4 Å². The van der Waals surface area contributed by atoms with E-state index in [0.717, 1.165) is 54.7 Å². The first-order valence-electron chi connectivity index (χ1n) is 11.7. The van der Waals surface area contributed by atoms with Gasteiger partial charge in [-0.2, -0.15) is 0 Å². The van der Waals surface area contributed by atoms with Gasteiger partial charge in [-0.25, -0.2) is 4.39 Å². The van der Waals surface area contributed by atoms with Crippen LogP contribution in [0.4, 0.5) is 4.39 Å². The number of hydrogen-bond acceptors (Lipinski definition) is 3. The lowest BCUT2D eigenvalue weighted by molar-refractivity contribution is 0.0678. The lowest BCUT2D eigenvalue weighted by Crippen LogP contribution is -2.32. The van der Waals surface area contributed by atoms with Gasteiger partial charge in [0.15, 0.2) is 0 Å². The summed E-state index contributed by atoms with van der Waals surface area (Å²) in [4.78, 5) is 15.3. The summed E-state index contributed by atoms with van der Waals surface area (Å²) in [6.45, 7) is 1.93. The minimum atomic E-state index is -0.269. The number of hydrogen-bond donors (Lipinski definition) is 0. The van der Waals surface area contributed by atoms with Crippen molar-refractivity contribution >= 4 is 5.91 Å². The number of nitrogens with zero attached hydrogens (tertiary/aromatic N) is 1. The summed E-state index contributed by atoms with van der Waals surface area (Å²) in [5, 5.41) is 0. The molecule has 3 aromatic carbocycles. The Labute approximate surface area is 193 Å². The first-order valence-corrected chi connectivity index (χ1v) is 11.7. The summed E-state index contributed by atoms with van der Waals surface area (Å²) in [5.74, 6) is 0.564. The maximum atomic E-state index is 13.5. The van der Waals surface area contributed by atoms with Crippen molar-refractivity contribution in [1.29, 1.82) is 0 Å². The summed E-state index contributed by atoms with van der Waals surface area (Å²) in [6.07, 6.45) is 4.37. The molecule has 1 saturated heterocycles. The molecule has 1 amide bonds. The third kappa shape index (κ3) is 5.42. The predicted octanol–water partition coefficient (Wildman–Crippen LogP) is 5.86. The van der Waals surface area contributed by atoms with Crippen LogP contribution in [0.25, 0.3) is 11.1 Å². The summed E-state index contributed by atoms with van der Waals surface area (Å²) in [5.41, 5.74) is 3.39. The number of carbonyl (C=O) groups excluding carboxylic acids is 1. The van der Waals surface area contributed by atoms with E-state index in [4.69, 9.17) is 9.47 Å². The topological polar surface area (TPSA) is 38.8 Å². The maximum Gasteiger partial charge on any atom is 0.254 e. The van der Waals surface area contributed by atoms with Crippen molar-refractivity contribution in [1.82, 2.24) is 4.90 Å². The van der Waals surface area contributed by atoms with Crippen LogP contribution in [0.3, 0.4) is 0 Å². The van der Waals surface area contributed by atoms with E-state index in [9.17, 15) is 9.18 Å². The van der Waals surface area contributed by atoms with Crippen molar-refractivity contribution < 1.29 is 18.7 Å². The molecule has 1 saturated carbocycles. The number of halogens is 1. The second-order valence-electron chi connectivity index (χ2n) is 8.85. The van der Waals surface area contributed by atoms with Crippen LogP contribution in [0.15, 0.2) is 72.8 Å². The van der Waals surface area contributed by atoms with Crippen molar-refractivity contribution in [2.45, 2.75) is 44.4 Å². The van der Waals surface area contributed by atoms with Gasteiger partial charge in [-0.15, -0.1) is 0 Å². The predicted molar refractivity (Wildman–Crippen MR) is 126 cm³/mol. The molecule has 1 aliphatic heterocycles. The Morgan fingerprint density at radius 3 is 2.52 bits per heavy atom. The van der Waals surface area contributed by atoms with Crippen molar-refractivity contribution in [2.24, 2.45) is 0 Å². The molecule has 33 heavy (non-hydrogen) atoms. The molecule has 0 bridgehead atoms. The van der Waals surface area contributed by atoms with Crippen molar-refractivity contribution in [3.8, 4) is 16.9 Å². The maximum absolute atomic E-state index is 13.5. The molecule has 1 atom stereocenters. The molecule has 2 fully saturated rings. The van der Waals surface area contributed by atoms with Gasteiger partial charge >= 0.3 is 0 Å². The Morgan fingerprint density at radius 1 is 0.970 bits per heavy atom. The fourth-order valence-corrected chi connectivity index (χ4v) is 4.29. The van der Waals surface area contributed by atoms with E-state index in [1.54, 1.807) is 6.07 Å². The number of rotatable bonds is 8. The second kappa shape index (κ2) is 9.75. The third-order valence-electron chi connectivity index (χ3n) is 6.25. The molecule has 1 heterocycles. The average molecular weight is 446 g/mol. The van der Waals surface area contributed by atoms with Gasteiger partial charge in [0, 0.05) is 24.8 Å². The van der Waals surface area contributed by atoms with E-state index >= 15 is 0 Å². The van der Waals surface area contributed by atoms with Gasteiger partial charge in [0.05, 0.1) is 6.10 Å². The molecule has 0 N–H and O–H groups in total. The van der Waals surface area contributed by atoms with E-state index in [1.165, 1.54) is 12.1 Å². The molecule has 5 heteroatoms. The zero-order valence-electron chi connectivity index (χ0n) is 18.6. The van der Waals surface area contributed by atoms with Crippen LogP contribution in [-0.2, 0) is 11.3 Å². The number of benzene rings is 3. The zero-order valence-corrected chi connectivity index (χ0v) is 18.6. The van der Waals surface area contributed by atoms with Crippen molar-refractivity contribution in [3.63, 3.8) is 0 Å². The Balaban J connectivity index is 1.27. The molecule has 1 unspecified atom stereocenters. The fraction of sp³-hybridized carbons (Fsp3) is 0.321. The summed E-state index contributed by atoms with van der Waals surface area (Å²) in [7, 11) is 0. The van der Waals surface area contributed by atoms with E-state index < -0.39 is 0 Å². The third-order valence-corrected chi connectivity index (χ3v) is 6.25. The summed E-state index contributed by atoms with van der Waals surface area (Å²) >= 11 is 0. The minimum Gasteiger partial charge on any atom is -0.491 e. The molecule has 0 aromatic heterocycles. The molecule has 3 aromatic rings. The monoisotopic (exact) mass is 445 g/mol. The molecule has 0 radical (unpaired) electrons. The molecule has 0 spiro atoms. The smallest absolute Gasteiger partial charge is 0.254 e. The molecular formula is C28H28FNO3. The van der Waals surface area contributed by atoms with Crippen LogP contribution in [0.5, 0.6) is 5.75 Å². The Kier molecular flexibility index (Phi) is 6.40. The SMILES string of the molecule is O=C(c1ccc(-c2cccc(F)c2)cc1)N(Cc1cccc(OCC2CCCO2)c1)C1CC1. The van der Waals surface area contributed by atoms with Gasteiger partial charge in [-0.1, -0.05) is 36.4 Å². The van der Waals surface area contributed by atoms with Gasteiger partial charge in [-0.3, -0.25) is 4.79 Å². The Hall–Kier alpha value is -3.18. The van der Waals surface area contributed by atoms with Gasteiger partial charge in [0.1, 0.15) is 18.2 Å². The van der Waals surface area contributed by atoms with E-state index in [2.05, 4.69) is 0 Å². The average Bonchev–Trinajstić information content (AvgIpc) is 3.55. The van der Waals surface area contributed by atoms with E-state index in [0.29, 0.717) is 18.7 Å². The molecule has 1 aliphatic carbocycles. The number of carbonyl (C=O) groups is 1. The highest BCUT2D eigenvalue weighted by Crippen LogP contribution is 2.31. The van der Waals surface area contributed by atoms with Crippen molar-refractivity contribution in [2.75, 3.05) is 13.2 Å². The highest BCUT2D eigenvalue weighted by atomic mass is 19.1. The van der Waals surface area contributed by atoms with E-state index in [1.807, 2.05) is 59.5 Å². The Morgan fingerprint density at radius 2 is 1.79 bits per heavy atom. The number of ether oxygens (including phenoxy) is 2. The first kappa shape index (κ1) is 21.7. The van der Waals surface area contributed by atoms with Crippen LogP contribution in [0.1, 0.15) is 41.6 Å². The van der Waals surface area contributed by atoms with Crippen LogP contribution in [-0.4, -0.2) is 36.2 Å². The van der Waals surface area contributed by atoms with Gasteiger partial charge in [-0.05, 0) is 78.8 Å². The van der Waals surface area contributed by atoms with Gasteiger partial charge in [0.25, 0.3) is 5.91 Å². The fourth-order valence-electron chi connectivity index (χ4n) is 4.29. The standard InChI is InChI=1S/C28H28FNO3/c29-24-6-2-5-23(17-24)21-9-11-22(12-10-21)28(31)30(25-13-14-25)18-20-4-1-7-26(16-20)33-19-27-8-3-15-32-27/h1-2,4-7,9-12,16-17,25,27H,3,8,13-15,18-19H2. The quantitative estimate of drug-likeness (QED) is 0.436. The Bertz CT molecular complexity index is 1100. The highest BCUT2D eigenvalue weighted by molar-refractivity contribution is 5.95. The van der Waals surface area contributed by atoms with Gasteiger partial charge in [0.2, 0.25) is 0 Å². The summed E-state index contributed by atoms with van der Waals surface area (Å²) in [6, 6.07) is 22.2. The zero-order chi connectivity index (χ0) is 22.6. The first-order chi connectivity index (χ1) is 16.2. The molecular weight excluding hydrogens is 417 g/mol. The summed E-state index contributed by atoms with van der Waals surface area (Å²) < 4.78 is 25.1. The lowest BCUT2D eigenvalue weighted by atomic mass is 10.0. The normalized spacial score (nSPS) is 17.7. The van der Waals surface area contributed by atoms with Crippen LogP contribution >= 0.6 is 0 Å². The van der Waals surface area contributed by atoms with Crippen molar-refractivity contribution in [3.05, 3.63) is 89.7 Å². The van der Waals surface area contributed by atoms with E-state index in [-0.39, 0.29) is 23.9 Å². The highest BCUT2D eigenvalue weighted by Gasteiger charge is 2.33. The minimum absolute atomic E-state index is 0.0222. The molecule has 170 valence electrons. The molecule has 2 aliphatic rings. The van der Waals surface area contributed by atoms with Crippen LogP contribution in [0.2, 0.25) is 0 Å². The largest absolute Gasteiger partial charge is 0.491 e. The second-order valence-corrected chi connectivity index (χ2v) is 8.85. The lowest BCUT2D eigenvalue weighted by Gasteiger charge is -2.23. The van der Waals surface area contributed by atoms with Crippen LogP contribution in [0, 0.1) is 5.82 Å². The molecule has 5 rings (SSSR count). The number of amides is 1. The molecule has 4 nitrogen and oxygen atoms in total. The van der Waals surface area contributed by atoms with Crippen LogP contribution < -0.4 is 4.74 Å².